The van der Waals surface area contributed by atoms with Gasteiger partial charge in [-0.3, -0.25) is 4.79 Å². The Morgan fingerprint density at radius 3 is 2.50 bits per heavy atom. The van der Waals surface area contributed by atoms with Gasteiger partial charge in [-0.1, -0.05) is 0 Å². The van der Waals surface area contributed by atoms with Crippen LogP contribution in [0.5, 0.6) is 0 Å². The van der Waals surface area contributed by atoms with E-state index in [9.17, 15) is 13.2 Å². The summed E-state index contributed by atoms with van der Waals surface area (Å²) in [5.41, 5.74) is 0.621. The molecule has 6 rings (SSSR count). The number of carbonyl (C=O) groups excluding carboxylic acids is 1. The highest BCUT2D eigenvalue weighted by atomic mass is 32.2. The van der Waals surface area contributed by atoms with E-state index in [0.29, 0.717) is 18.7 Å². The molecule has 0 spiro atoms. The molecule has 4 saturated carbocycles. The molecule has 4 fully saturated rings. The first kappa shape index (κ1) is 16.5. The minimum atomic E-state index is -3.48. The first-order valence-electron chi connectivity index (χ1n) is 9.68. The van der Waals surface area contributed by atoms with Crippen LogP contribution in [-0.4, -0.2) is 43.9 Å². The SMILES string of the molecule is O=C(NCC12CC3CC(CC(C3)C1)C2)C1=CC=CN2CCS(=O)(=O)N=C12. The summed E-state index contributed by atoms with van der Waals surface area (Å²) in [5, 5.41) is 3.13. The second-order valence-corrected chi connectivity index (χ2v) is 10.7. The van der Waals surface area contributed by atoms with Gasteiger partial charge in [0.1, 0.15) is 0 Å². The molecule has 0 radical (unpaired) electrons. The Morgan fingerprint density at radius 1 is 1.19 bits per heavy atom. The Balaban J connectivity index is 1.32. The van der Waals surface area contributed by atoms with Crippen LogP contribution in [0, 0.1) is 23.2 Å². The molecule has 0 aromatic heterocycles. The van der Waals surface area contributed by atoms with Crippen molar-refractivity contribution >= 4 is 21.8 Å². The fraction of sp³-hybridized carbons (Fsp3) is 0.684. The van der Waals surface area contributed by atoms with Crippen LogP contribution < -0.4 is 5.32 Å². The van der Waals surface area contributed by atoms with Crippen molar-refractivity contribution in [2.24, 2.45) is 27.6 Å². The molecule has 1 N–H and O–H groups in total. The van der Waals surface area contributed by atoms with Crippen LogP contribution in [0.25, 0.3) is 0 Å². The summed E-state index contributed by atoms with van der Waals surface area (Å²) in [6, 6.07) is 0. The third kappa shape index (κ3) is 2.80. The van der Waals surface area contributed by atoms with E-state index >= 15 is 0 Å². The summed E-state index contributed by atoms with van der Waals surface area (Å²) >= 11 is 0. The van der Waals surface area contributed by atoms with Crippen molar-refractivity contribution in [1.82, 2.24) is 10.2 Å². The molecule has 1 amide bonds. The molecular weight excluding hydrogens is 350 g/mol. The van der Waals surface area contributed by atoms with Crippen LogP contribution in [0.2, 0.25) is 0 Å². The van der Waals surface area contributed by atoms with E-state index in [0.717, 1.165) is 17.8 Å². The second kappa shape index (κ2) is 5.68. The maximum atomic E-state index is 12.8. The number of rotatable bonds is 3. The van der Waals surface area contributed by atoms with Gasteiger partial charge in [-0.05, 0) is 73.8 Å². The molecule has 0 aromatic rings. The van der Waals surface area contributed by atoms with Crippen LogP contribution in [0.15, 0.2) is 28.3 Å². The quantitative estimate of drug-likeness (QED) is 0.816. The summed E-state index contributed by atoms with van der Waals surface area (Å²) in [4.78, 5) is 14.6. The molecule has 26 heavy (non-hydrogen) atoms. The molecular formula is C19H25N3O3S. The summed E-state index contributed by atoms with van der Waals surface area (Å²) in [7, 11) is -3.48. The number of fused-ring (bicyclic) bond motifs is 1. The second-order valence-electron chi connectivity index (χ2n) is 8.92. The summed E-state index contributed by atoms with van der Waals surface area (Å²) in [6.07, 6.45) is 13.1. The topological polar surface area (TPSA) is 78.8 Å². The van der Waals surface area contributed by atoms with Gasteiger partial charge in [-0.2, -0.15) is 0 Å². The Hall–Kier alpha value is -1.63. The average molecular weight is 375 g/mol. The molecule has 0 atom stereocenters. The highest BCUT2D eigenvalue weighted by molar-refractivity contribution is 7.90. The minimum absolute atomic E-state index is 0.0109. The molecule has 6 aliphatic rings. The van der Waals surface area contributed by atoms with E-state index in [1.165, 1.54) is 38.5 Å². The molecule has 7 heteroatoms. The number of carbonyl (C=O) groups is 1. The molecule has 4 aliphatic carbocycles. The van der Waals surface area contributed by atoms with Crippen molar-refractivity contribution < 1.29 is 13.2 Å². The predicted molar refractivity (Wildman–Crippen MR) is 98.8 cm³/mol. The van der Waals surface area contributed by atoms with Gasteiger partial charge in [-0.25, -0.2) is 8.42 Å². The number of hydrogen-bond donors (Lipinski definition) is 1. The first-order valence-corrected chi connectivity index (χ1v) is 11.3. The number of sulfonamides is 1. The van der Waals surface area contributed by atoms with Crippen LogP contribution in [0.3, 0.4) is 0 Å². The number of amides is 1. The zero-order valence-corrected chi connectivity index (χ0v) is 15.7. The lowest BCUT2D eigenvalue weighted by Gasteiger charge is -2.56. The maximum absolute atomic E-state index is 12.8. The monoisotopic (exact) mass is 375 g/mol. The van der Waals surface area contributed by atoms with E-state index in [1.54, 1.807) is 23.3 Å². The maximum Gasteiger partial charge on any atom is 0.256 e. The largest absolute Gasteiger partial charge is 0.351 e. The number of amidine groups is 1. The van der Waals surface area contributed by atoms with Crippen molar-refractivity contribution in [3.8, 4) is 0 Å². The van der Waals surface area contributed by atoms with Gasteiger partial charge in [0.15, 0.2) is 5.84 Å². The smallest absolute Gasteiger partial charge is 0.256 e. The number of allylic oxidation sites excluding steroid dienone is 2. The zero-order chi connectivity index (χ0) is 17.9. The van der Waals surface area contributed by atoms with Crippen LogP contribution in [-0.2, 0) is 14.8 Å². The number of nitrogens with zero attached hydrogens (tertiary/aromatic N) is 2. The summed E-state index contributed by atoms with van der Waals surface area (Å²) < 4.78 is 27.6. The fourth-order valence-corrected chi connectivity index (χ4v) is 7.25. The first-order chi connectivity index (χ1) is 12.4. The lowest BCUT2D eigenvalue weighted by Crippen LogP contribution is -2.52. The van der Waals surface area contributed by atoms with Gasteiger partial charge in [0.05, 0.1) is 11.3 Å². The van der Waals surface area contributed by atoms with Gasteiger partial charge in [0.2, 0.25) is 0 Å². The normalized spacial score (nSPS) is 39.2. The van der Waals surface area contributed by atoms with Gasteiger partial charge < -0.3 is 10.2 Å². The van der Waals surface area contributed by atoms with E-state index in [2.05, 4.69) is 9.71 Å². The Labute approximate surface area is 154 Å². The molecule has 0 saturated heterocycles. The Kier molecular flexibility index (Phi) is 3.61. The van der Waals surface area contributed by atoms with Gasteiger partial charge in [0.25, 0.3) is 15.9 Å². The van der Waals surface area contributed by atoms with Crippen LogP contribution >= 0.6 is 0 Å². The van der Waals surface area contributed by atoms with Crippen molar-refractivity contribution in [1.29, 1.82) is 0 Å². The van der Waals surface area contributed by atoms with Gasteiger partial charge >= 0.3 is 0 Å². The number of nitrogens with one attached hydrogen (secondary N) is 1. The zero-order valence-electron chi connectivity index (χ0n) is 14.9. The summed E-state index contributed by atoms with van der Waals surface area (Å²) in [6.45, 7) is 1.05. The molecule has 0 aromatic carbocycles. The lowest BCUT2D eigenvalue weighted by molar-refractivity contribution is -0.119. The van der Waals surface area contributed by atoms with E-state index in [1.807, 2.05) is 0 Å². The molecule has 140 valence electrons. The molecule has 0 unspecified atom stereocenters. The van der Waals surface area contributed by atoms with Gasteiger partial charge in [-0.15, -0.1) is 4.40 Å². The van der Waals surface area contributed by atoms with Crippen molar-refractivity contribution in [2.75, 3.05) is 18.8 Å². The van der Waals surface area contributed by atoms with E-state index in [4.69, 9.17) is 0 Å². The van der Waals surface area contributed by atoms with Crippen LogP contribution in [0.4, 0.5) is 0 Å². The van der Waals surface area contributed by atoms with Crippen molar-refractivity contribution in [2.45, 2.75) is 38.5 Å². The highest BCUT2D eigenvalue weighted by Gasteiger charge is 2.50. The highest BCUT2D eigenvalue weighted by Crippen LogP contribution is 2.59. The third-order valence-electron chi connectivity index (χ3n) is 6.89. The minimum Gasteiger partial charge on any atom is -0.351 e. The van der Waals surface area contributed by atoms with Crippen molar-refractivity contribution in [3.05, 3.63) is 23.9 Å². The average Bonchev–Trinajstić information content (AvgIpc) is 2.57. The molecule has 4 bridgehead atoms. The molecule has 2 heterocycles. The predicted octanol–water partition coefficient (Wildman–Crippen LogP) is 1.82. The third-order valence-corrected chi connectivity index (χ3v) is 8.04. The Bertz CT molecular complexity index is 805. The lowest BCUT2D eigenvalue weighted by atomic mass is 9.49. The molecule has 2 aliphatic heterocycles. The Morgan fingerprint density at radius 2 is 1.85 bits per heavy atom. The standard InChI is InChI=1S/C19H25N3O3S/c23-18(16-2-1-3-22-4-5-26(24,25)21-17(16)22)20-12-19-9-13-6-14(10-19)8-15(7-13)11-19/h1-3,13-15H,4-12H2,(H,20,23). The van der Waals surface area contributed by atoms with Crippen molar-refractivity contribution in [3.63, 3.8) is 0 Å². The summed E-state index contributed by atoms with van der Waals surface area (Å²) in [5.74, 6) is 2.59. The fourth-order valence-electron chi connectivity index (χ4n) is 6.26. The number of hydrogen-bond acceptors (Lipinski definition) is 4. The molecule has 6 nitrogen and oxygen atoms in total. The van der Waals surface area contributed by atoms with Gasteiger partial charge in [0, 0.05) is 19.3 Å². The van der Waals surface area contributed by atoms with Crippen LogP contribution in [0.1, 0.15) is 38.5 Å². The van der Waals surface area contributed by atoms with E-state index in [-0.39, 0.29) is 22.9 Å². The van der Waals surface area contributed by atoms with E-state index < -0.39 is 10.0 Å².